The predicted octanol–water partition coefficient (Wildman–Crippen LogP) is 4.53. The number of carbonyl (C=O) groups excluding carboxylic acids is 2. The summed E-state index contributed by atoms with van der Waals surface area (Å²) in [5.74, 6) is 1.55. The van der Waals surface area contributed by atoms with Gasteiger partial charge >= 0.3 is 0 Å². The van der Waals surface area contributed by atoms with Gasteiger partial charge in [0.05, 0.1) is 23.6 Å². The molecule has 5 nitrogen and oxygen atoms in total. The summed E-state index contributed by atoms with van der Waals surface area (Å²) in [6.45, 7) is 1.67. The number of carbonyl (C=O) groups is 2. The number of fused-ring (bicyclic) bond motifs is 1. The molecule has 0 bridgehead atoms. The highest BCUT2D eigenvalue weighted by Gasteiger charge is 2.43. The molecule has 6 heteroatoms. The van der Waals surface area contributed by atoms with Gasteiger partial charge in [0, 0.05) is 32.4 Å². The molecule has 0 aromatic heterocycles. The van der Waals surface area contributed by atoms with E-state index < -0.39 is 5.60 Å². The number of likely N-dealkylation sites (tertiary alicyclic amines) is 1. The van der Waals surface area contributed by atoms with Crippen molar-refractivity contribution in [1.29, 1.82) is 0 Å². The van der Waals surface area contributed by atoms with E-state index in [4.69, 9.17) is 21.1 Å². The Balaban J connectivity index is 1.25. The van der Waals surface area contributed by atoms with Crippen LogP contribution in [0.2, 0.25) is 5.02 Å². The number of Topliss-reactive ketones (excluding diaryl/α,β-unsaturated/α-hetero) is 1. The Labute approximate surface area is 175 Å². The van der Waals surface area contributed by atoms with Gasteiger partial charge in [0.2, 0.25) is 5.91 Å². The number of hydrogen-bond acceptors (Lipinski definition) is 4. The highest BCUT2D eigenvalue weighted by molar-refractivity contribution is 6.32. The van der Waals surface area contributed by atoms with Gasteiger partial charge in [-0.05, 0) is 30.7 Å². The van der Waals surface area contributed by atoms with E-state index in [-0.39, 0.29) is 11.7 Å². The first-order valence-corrected chi connectivity index (χ1v) is 10.4. The number of amides is 1. The Kier molecular flexibility index (Phi) is 5.76. The first-order valence-electron chi connectivity index (χ1n) is 10.0. The second-order valence-electron chi connectivity index (χ2n) is 7.64. The second kappa shape index (κ2) is 8.46. The molecule has 0 N–H and O–H groups in total. The topological polar surface area (TPSA) is 55.8 Å². The van der Waals surface area contributed by atoms with Crippen LogP contribution in [0, 0.1) is 0 Å². The van der Waals surface area contributed by atoms with Crippen LogP contribution in [0.5, 0.6) is 11.5 Å². The first-order chi connectivity index (χ1) is 14.1. The van der Waals surface area contributed by atoms with Crippen molar-refractivity contribution in [3.8, 4) is 11.5 Å². The van der Waals surface area contributed by atoms with Crippen molar-refractivity contribution in [3.05, 3.63) is 59.1 Å². The van der Waals surface area contributed by atoms with Crippen molar-refractivity contribution in [1.82, 2.24) is 4.90 Å². The third kappa shape index (κ3) is 4.40. The number of para-hydroxylation sites is 2. The van der Waals surface area contributed by atoms with Gasteiger partial charge in [-0.25, -0.2) is 0 Å². The van der Waals surface area contributed by atoms with Crippen molar-refractivity contribution in [3.63, 3.8) is 0 Å². The van der Waals surface area contributed by atoms with E-state index in [1.54, 1.807) is 6.07 Å². The molecule has 0 saturated carbocycles. The summed E-state index contributed by atoms with van der Waals surface area (Å²) in [7, 11) is 0. The summed E-state index contributed by atoms with van der Waals surface area (Å²) in [6.07, 6.45) is 2.80. The van der Waals surface area contributed by atoms with E-state index in [2.05, 4.69) is 0 Å². The lowest BCUT2D eigenvalue weighted by molar-refractivity contribution is -0.135. The number of benzene rings is 2. The molecule has 29 heavy (non-hydrogen) atoms. The van der Waals surface area contributed by atoms with Crippen molar-refractivity contribution in [2.75, 3.05) is 19.7 Å². The zero-order valence-electron chi connectivity index (χ0n) is 16.2. The number of piperidine rings is 1. The lowest BCUT2D eigenvalue weighted by atomic mass is 9.82. The van der Waals surface area contributed by atoms with Crippen LogP contribution in [0.15, 0.2) is 48.5 Å². The Morgan fingerprint density at radius 2 is 1.83 bits per heavy atom. The van der Waals surface area contributed by atoms with Crippen LogP contribution in [0.4, 0.5) is 0 Å². The van der Waals surface area contributed by atoms with Crippen LogP contribution in [-0.2, 0) is 4.79 Å². The zero-order valence-corrected chi connectivity index (χ0v) is 17.0. The largest absolute Gasteiger partial charge is 0.492 e. The van der Waals surface area contributed by atoms with Crippen LogP contribution < -0.4 is 9.47 Å². The number of ketones is 1. The molecule has 0 radical (unpaired) electrons. The Bertz CT molecular complexity index is 905. The van der Waals surface area contributed by atoms with Gasteiger partial charge in [-0.3, -0.25) is 9.59 Å². The minimum atomic E-state index is -0.477. The number of hydrogen-bond donors (Lipinski definition) is 0. The lowest BCUT2D eigenvalue weighted by Crippen LogP contribution is -2.52. The highest BCUT2D eigenvalue weighted by atomic mass is 35.5. The van der Waals surface area contributed by atoms with E-state index in [0.29, 0.717) is 73.9 Å². The van der Waals surface area contributed by atoms with Crippen LogP contribution in [0.25, 0.3) is 0 Å². The molecule has 2 aromatic carbocycles. The van der Waals surface area contributed by atoms with Gasteiger partial charge in [-0.2, -0.15) is 0 Å². The predicted molar refractivity (Wildman–Crippen MR) is 111 cm³/mol. The molecule has 2 aromatic rings. The maximum atomic E-state index is 12.5. The standard InChI is InChI=1S/C23H24ClNO4/c24-18-7-2-4-9-21(18)28-15-5-10-22(27)25-13-11-23(12-14-25)16-19(26)17-6-1-3-8-20(17)29-23/h1-4,6-9H,5,10-16H2. The molecule has 152 valence electrons. The van der Waals surface area contributed by atoms with Gasteiger partial charge in [0.1, 0.15) is 17.1 Å². The van der Waals surface area contributed by atoms with E-state index in [9.17, 15) is 9.59 Å². The summed E-state index contributed by atoms with van der Waals surface area (Å²) in [5.41, 5.74) is 0.185. The molecule has 2 aliphatic rings. The number of ether oxygens (including phenoxy) is 2. The molecule has 2 aliphatic heterocycles. The molecule has 2 heterocycles. The molecule has 1 fully saturated rings. The maximum Gasteiger partial charge on any atom is 0.222 e. The van der Waals surface area contributed by atoms with Crippen LogP contribution in [0.3, 0.4) is 0 Å². The van der Waals surface area contributed by atoms with Gasteiger partial charge in [0.25, 0.3) is 0 Å². The average Bonchev–Trinajstić information content (AvgIpc) is 2.73. The number of rotatable bonds is 5. The summed E-state index contributed by atoms with van der Waals surface area (Å²) in [5, 5.41) is 0.573. The average molecular weight is 414 g/mol. The van der Waals surface area contributed by atoms with Crippen LogP contribution >= 0.6 is 11.6 Å². The van der Waals surface area contributed by atoms with Gasteiger partial charge in [-0.15, -0.1) is 0 Å². The third-order valence-electron chi connectivity index (χ3n) is 5.65. The summed E-state index contributed by atoms with van der Waals surface area (Å²) < 4.78 is 11.9. The van der Waals surface area contributed by atoms with Crippen molar-refractivity contribution < 1.29 is 19.1 Å². The minimum Gasteiger partial charge on any atom is -0.492 e. The molecule has 1 amide bonds. The first kappa shape index (κ1) is 19.8. The van der Waals surface area contributed by atoms with E-state index >= 15 is 0 Å². The Hall–Kier alpha value is -2.53. The fraction of sp³-hybridized carbons (Fsp3) is 0.391. The van der Waals surface area contributed by atoms with E-state index in [0.717, 1.165) is 0 Å². The molecule has 1 saturated heterocycles. The van der Waals surface area contributed by atoms with Gasteiger partial charge < -0.3 is 14.4 Å². The molecule has 0 atom stereocenters. The highest BCUT2D eigenvalue weighted by Crippen LogP contribution is 2.39. The monoisotopic (exact) mass is 413 g/mol. The molecule has 0 unspecified atom stereocenters. The summed E-state index contributed by atoms with van der Waals surface area (Å²) in [4.78, 5) is 26.9. The van der Waals surface area contributed by atoms with Crippen molar-refractivity contribution in [2.45, 2.75) is 37.7 Å². The number of halogens is 1. The van der Waals surface area contributed by atoms with E-state index in [1.165, 1.54) is 0 Å². The molecular weight excluding hydrogens is 390 g/mol. The quantitative estimate of drug-likeness (QED) is 0.676. The van der Waals surface area contributed by atoms with E-state index in [1.807, 2.05) is 47.4 Å². The van der Waals surface area contributed by atoms with Crippen molar-refractivity contribution in [2.24, 2.45) is 0 Å². The van der Waals surface area contributed by atoms with Crippen LogP contribution in [0.1, 0.15) is 42.5 Å². The third-order valence-corrected chi connectivity index (χ3v) is 5.97. The Morgan fingerprint density at radius 1 is 1.10 bits per heavy atom. The van der Waals surface area contributed by atoms with Gasteiger partial charge in [0.15, 0.2) is 5.78 Å². The number of nitrogens with zero attached hydrogens (tertiary/aromatic N) is 1. The fourth-order valence-electron chi connectivity index (χ4n) is 4.01. The fourth-order valence-corrected chi connectivity index (χ4v) is 4.20. The molecule has 1 spiro atoms. The van der Waals surface area contributed by atoms with Crippen molar-refractivity contribution >= 4 is 23.3 Å². The second-order valence-corrected chi connectivity index (χ2v) is 8.05. The SMILES string of the molecule is O=C1CC2(CCN(C(=O)CCCOc3ccccc3Cl)CC2)Oc2ccccc21. The Morgan fingerprint density at radius 3 is 2.62 bits per heavy atom. The summed E-state index contributed by atoms with van der Waals surface area (Å²) in [6, 6.07) is 14.7. The van der Waals surface area contributed by atoms with Gasteiger partial charge in [-0.1, -0.05) is 35.9 Å². The minimum absolute atomic E-state index is 0.116. The van der Waals surface area contributed by atoms with Crippen LogP contribution in [-0.4, -0.2) is 41.9 Å². The maximum absolute atomic E-state index is 12.5. The molecule has 0 aliphatic carbocycles. The zero-order chi connectivity index (χ0) is 20.3. The summed E-state index contributed by atoms with van der Waals surface area (Å²) >= 11 is 6.06. The molecule has 4 rings (SSSR count). The molecular formula is C23H24ClNO4. The smallest absolute Gasteiger partial charge is 0.222 e. The lowest BCUT2D eigenvalue weighted by Gasteiger charge is -2.44. The normalized spacial score (nSPS) is 17.6.